The third-order valence-corrected chi connectivity index (χ3v) is 5.09. The van der Waals surface area contributed by atoms with Crippen molar-refractivity contribution in [3.8, 4) is 0 Å². The minimum absolute atomic E-state index is 0.378. The lowest BCUT2D eigenvalue weighted by atomic mass is 9.88. The molecule has 5 nitrogen and oxygen atoms in total. The van der Waals surface area contributed by atoms with Crippen LogP contribution in [0.1, 0.15) is 6.42 Å². The molecule has 7 heteroatoms. The summed E-state index contributed by atoms with van der Waals surface area (Å²) in [5, 5.41) is -1.52. The number of carbonyl (C=O) groups excluding carboxylic acids is 1. The fourth-order valence-electron chi connectivity index (χ4n) is 2.59. The van der Waals surface area contributed by atoms with E-state index in [4.69, 9.17) is 20.5 Å². The van der Waals surface area contributed by atoms with Gasteiger partial charge in [0.25, 0.3) is 10.1 Å². The van der Waals surface area contributed by atoms with E-state index in [0.29, 0.717) is 6.42 Å². The van der Waals surface area contributed by atoms with Gasteiger partial charge in [0.15, 0.2) is 0 Å². The summed E-state index contributed by atoms with van der Waals surface area (Å²) in [4.78, 5) is 11.1. The van der Waals surface area contributed by atoms with Crippen molar-refractivity contribution in [1.29, 1.82) is 0 Å². The van der Waals surface area contributed by atoms with Crippen molar-refractivity contribution in [1.82, 2.24) is 0 Å². The van der Waals surface area contributed by atoms with Crippen LogP contribution in [0.3, 0.4) is 0 Å². The second-order valence-electron chi connectivity index (χ2n) is 3.80. The summed E-state index contributed by atoms with van der Waals surface area (Å²) in [5.74, 6) is -0.745. The second-order valence-corrected chi connectivity index (χ2v) is 5.89. The molecular formula is C7H7ClO5S. The van der Waals surface area contributed by atoms with Gasteiger partial charge in [-0.1, -0.05) is 0 Å². The van der Waals surface area contributed by atoms with Crippen LogP contribution in [0.25, 0.3) is 0 Å². The predicted octanol–water partition coefficient (Wildman–Crippen LogP) is -0.364. The molecule has 0 aromatic heterocycles. The number of ether oxygens (including phenoxy) is 1. The highest BCUT2D eigenvalue weighted by atomic mass is 35.5. The molecule has 3 aliphatic rings. The lowest BCUT2D eigenvalue weighted by Gasteiger charge is -2.16. The van der Waals surface area contributed by atoms with Gasteiger partial charge in [-0.3, -0.25) is 8.98 Å². The fourth-order valence-corrected chi connectivity index (χ4v) is 4.83. The van der Waals surface area contributed by atoms with Gasteiger partial charge in [0.2, 0.25) is 5.24 Å². The number of rotatable bonds is 1. The van der Waals surface area contributed by atoms with E-state index in [1.807, 2.05) is 0 Å². The standard InChI is InChI=1S/C7H7ClO5S/c8-7(9)4-2-1-3-5(12-2)6(4)14(10,11)13-3/h2-6H,1H2. The molecule has 2 bridgehead atoms. The zero-order valence-electron chi connectivity index (χ0n) is 6.92. The minimum atomic E-state index is -3.66. The summed E-state index contributed by atoms with van der Waals surface area (Å²) in [5.41, 5.74) is 0. The molecule has 0 spiro atoms. The summed E-state index contributed by atoms with van der Waals surface area (Å²) in [6, 6.07) is 0. The molecule has 3 saturated heterocycles. The van der Waals surface area contributed by atoms with Crippen LogP contribution in [-0.2, 0) is 23.8 Å². The third-order valence-electron chi connectivity index (χ3n) is 3.09. The number of carbonyl (C=O) groups is 1. The minimum Gasteiger partial charge on any atom is -0.370 e. The summed E-state index contributed by atoms with van der Waals surface area (Å²) in [7, 11) is -3.66. The van der Waals surface area contributed by atoms with Gasteiger partial charge in [-0.25, -0.2) is 0 Å². The zero-order chi connectivity index (χ0) is 10.1. The van der Waals surface area contributed by atoms with Crippen LogP contribution in [0.4, 0.5) is 0 Å². The Bertz CT molecular complexity index is 402. The van der Waals surface area contributed by atoms with E-state index in [1.165, 1.54) is 0 Å². The second kappa shape index (κ2) is 2.49. The molecule has 5 atom stereocenters. The zero-order valence-corrected chi connectivity index (χ0v) is 8.49. The van der Waals surface area contributed by atoms with Crippen LogP contribution in [0.5, 0.6) is 0 Å². The van der Waals surface area contributed by atoms with Crippen molar-refractivity contribution in [2.24, 2.45) is 5.92 Å². The number of fused-ring (bicyclic) bond motifs is 1. The van der Waals surface area contributed by atoms with Crippen molar-refractivity contribution in [3.05, 3.63) is 0 Å². The first kappa shape index (κ1) is 9.08. The molecule has 5 unspecified atom stereocenters. The molecule has 78 valence electrons. The number of hydrogen-bond acceptors (Lipinski definition) is 5. The van der Waals surface area contributed by atoms with Gasteiger partial charge in [-0.05, 0) is 11.6 Å². The van der Waals surface area contributed by atoms with Crippen LogP contribution in [0.2, 0.25) is 0 Å². The fraction of sp³-hybridized carbons (Fsp3) is 0.857. The smallest absolute Gasteiger partial charge is 0.274 e. The van der Waals surface area contributed by atoms with Gasteiger partial charge in [0.1, 0.15) is 17.5 Å². The van der Waals surface area contributed by atoms with E-state index < -0.39 is 38.7 Å². The third kappa shape index (κ3) is 0.920. The molecular weight excluding hydrogens is 232 g/mol. The highest BCUT2D eigenvalue weighted by Crippen LogP contribution is 2.50. The van der Waals surface area contributed by atoms with E-state index in [-0.39, 0.29) is 6.10 Å². The molecule has 3 heterocycles. The van der Waals surface area contributed by atoms with Gasteiger partial charge in [-0.2, -0.15) is 8.42 Å². The van der Waals surface area contributed by atoms with Gasteiger partial charge < -0.3 is 4.74 Å². The Labute approximate surface area is 85.4 Å². The molecule has 0 aliphatic carbocycles. The molecule has 14 heavy (non-hydrogen) atoms. The Hall–Kier alpha value is -0.170. The molecule has 0 radical (unpaired) electrons. The Balaban J connectivity index is 2.10. The van der Waals surface area contributed by atoms with Crippen LogP contribution >= 0.6 is 11.6 Å². The van der Waals surface area contributed by atoms with Crippen LogP contribution in [-0.4, -0.2) is 37.2 Å². The highest BCUT2D eigenvalue weighted by molar-refractivity contribution is 7.87. The Kier molecular flexibility index (Phi) is 1.62. The average molecular weight is 239 g/mol. The summed E-state index contributed by atoms with van der Waals surface area (Å²) >= 11 is 5.36. The van der Waals surface area contributed by atoms with E-state index in [2.05, 4.69) is 0 Å². The molecule has 0 N–H and O–H groups in total. The SMILES string of the molecule is O=C(Cl)C1C2CC3OS(=O)(=O)C1C3O2. The lowest BCUT2D eigenvalue weighted by Crippen LogP contribution is -2.38. The first-order chi connectivity index (χ1) is 6.50. The van der Waals surface area contributed by atoms with E-state index >= 15 is 0 Å². The van der Waals surface area contributed by atoms with Crippen molar-refractivity contribution in [2.45, 2.75) is 30.0 Å². The lowest BCUT2D eigenvalue weighted by molar-refractivity contribution is -0.116. The first-order valence-electron chi connectivity index (χ1n) is 4.27. The Morgan fingerprint density at radius 3 is 2.71 bits per heavy atom. The molecule has 3 aliphatic heterocycles. The van der Waals surface area contributed by atoms with Gasteiger partial charge in [-0.15, -0.1) is 0 Å². The van der Waals surface area contributed by atoms with E-state index in [0.717, 1.165) is 0 Å². The maximum absolute atomic E-state index is 11.5. The quantitative estimate of drug-likeness (QED) is 0.461. The molecule has 0 aromatic rings. The maximum Gasteiger partial charge on any atom is 0.274 e. The van der Waals surface area contributed by atoms with Crippen LogP contribution < -0.4 is 0 Å². The number of hydrogen-bond donors (Lipinski definition) is 0. The largest absolute Gasteiger partial charge is 0.370 e. The van der Waals surface area contributed by atoms with Crippen molar-refractivity contribution in [2.75, 3.05) is 0 Å². The summed E-state index contributed by atoms with van der Waals surface area (Å²) in [6.07, 6.45) is -0.819. The van der Waals surface area contributed by atoms with E-state index in [1.54, 1.807) is 0 Å². The molecule has 0 saturated carbocycles. The molecule has 3 fully saturated rings. The average Bonchev–Trinajstić information content (AvgIpc) is 2.60. The Morgan fingerprint density at radius 1 is 1.36 bits per heavy atom. The predicted molar refractivity (Wildman–Crippen MR) is 45.2 cm³/mol. The monoisotopic (exact) mass is 238 g/mol. The number of halogens is 1. The van der Waals surface area contributed by atoms with Gasteiger partial charge in [0, 0.05) is 6.42 Å². The highest BCUT2D eigenvalue weighted by Gasteiger charge is 2.67. The first-order valence-corrected chi connectivity index (χ1v) is 6.12. The van der Waals surface area contributed by atoms with Crippen molar-refractivity contribution < 1.29 is 22.1 Å². The summed E-state index contributed by atoms with van der Waals surface area (Å²) < 4.78 is 33.2. The van der Waals surface area contributed by atoms with Gasteiger partial charge >= 0.3 is 0 Å². The normalized spacial score (nSPS) is 52.5. The van der Waals surface area contributed by atoms with Crippen molar-refractivity contribution >= 4 is 27.0 Å². The van der Waals surface area contributed by atoms with Crippen LogP contribution in [0.15, 0.2) is 0 Å². The van der Waals surface area contributed by atoms with Crippen molar-refractivity contribution in [3.63, 3.8) is 0 Å². The Morgan fingerprint density at radius 2 is 2.07 bits per heavy atom. The summed E-state index contributed by atoms with van der Waals surface area (Å²) in [6.45, 7) is 0. The topological polar surface area (TPSA) is 69.7 Å². The molecule has 0 aromatic carbocycles. The maximum atomic E-state index is 11.5. The van der Waals surface area contributed by atoms with Gasteiger partial charge in [0.05, 0.1) is 12.0 Å². The molecule has 0 amide bonds. The van der Waals surface area contributed by atoms with Crippen LogP contribution in [0, 0.1) is 5.92 Å². The molecule has 3 rings (SSSR count). The van der Waals surface area contributed by atoms with E-state index in [9.17, 15) is 13.2 Å².